The van der Waals surface area contributed by atoms with Crippen LogP contribution in [-0.4, -0.2) is 60.6 Å². The zero-order chi connectivity index (χ0) is 26.2. The van der Waals surface area contributed by atoms with Crippen molar-refractivity contribution in [3.05, 3.63) is 35.9 Å². The summed E-state index contributed by atoms with van der Waals surface area (Å²) >= 11 is 5.39. The molecule has 8 nitrogen and oxygen atoms in total. The third-order valence-corrected chi connectivity index (χ3v) is 6.33. The van der Waals surface area contributed by atoms with Gasteiger partial charge in [0.1, 0.15) is 11.8 Å². The fourth-order valence-corrected chi connectivity index (χ4v) is 4.31. The first kappa shape index (κ1) is 29.3. The monoisotopic (exact) mass is 517 g/mol. The van der Waals surface area contributed by atoms with Gasteiger partial charge in [-0.15, -0.1) is 0 Å². The molecule has 1 aromatic carbocycles. The molecule has 1 aliphatic rings. The fourth-order valence-electron chi connectivity index (χ4n) is 3.99. The van der Waals surface area contributed by atoms with Gasteiger partial charge in [0.25, 0.3) is 0 Å². The molecule has 9 heteroatoms. The van der Waals surface area contributed by atoms with E-state index in [4.69, 9.17) is 21.7 Å². The van der Waals surface area contributed by atoms with Crippen LogP contribution >= 0.6 is 12.2 Å². The molecule has 1 atom stereocenters. The molecule has 1 saturated heterocycles. The first-order valence-corrected chi connectivity index (χ1v) is 13.2. The van der Waals surface area contributed by atoms with Crippen molar-refractivity contribution in [3.63, 3.8) is 0 Å². The molecule has 0 aromatic heterocycles. The number of methoxy groups -OCH3 is 1. The number of benzene rings is 1. The predicted octanol–water partition coefficient (Wildman–Crippen LogP) is 3.98. The van der Waals surface area contributed by atoms with Crippen LogP contribution < -0.4 is 15.4 Å². The summed E-state index contributed by atoms with van der Waals surface area (Å²) in [6.45, 7) is 3.31. The number of ether oxygens (including phenoxy) is 2. The molecule has 1 fully saturated rings. The minimum absolute atomic E-state index is 0.0976. The third-order valence-electron chi connectivity index (χ3n) is 6.00. The van der Waals surface area contributed by atoms with Crippen molar-refractivity contribution >= 4 is 41.2 Å². The number of carbonyl (C=O) groups is 3. The van der Waals surface area contributed by atoms with Crippen LogP contribution in [0.3, 0.4) is 0 Å². The molecule has 36 heavy (non-hydrogen) atoms. The highest BCUT2D eigenvalue weighted by molar-refractivity contribution is 7.80. The lowest BCUT2D eigenvalue weighted by molar-refractivity contribution is -0.147. The molecule has 0 bridgehead atoms. The smallest absolute Gasteiger partial charge is 0.308 e. The van der Waals surface area contributed by atoms with Crippen molar-refractivity contribution in [1.29, 1.82) is 0 Å². The van der Waals surface area contributed by atoms with Crippen molar-refractivity contribution in [2.24, 2.45) is 0 Å². The van der Waals surface area contributed by atoms with Gasteiger partial charge in [-0.2, -0.15) is 0 Å². The highest BCUT2D eigenvalue weighted by atomic mass is 32.1. The molecule has 1 heterocycles. The Hall–Kier alpha value is -2.94. The average molecular weight is 518 g/mol. The summed E-state index contributed by atoms with van der Waals surface area (Å²) in [5, 5.41) is 5.47. The van der Waals surface area contributed by atoms with Gasteiger partial charge in [0.05, 0.1) is 20.1 Å². The summed E-state index contributed by atoms with van der Waals surface area (Å²) < 4.78 is 10.6. The topological polar surface area (TPSA) is 97.0 Å². The van der Waals surface area contributed by atoms with Crippen molar-refractivity contribution in [2.45, 2.75) is 70.8 Å². The van der Waals surface area contributed by atoms with Gasteiger partial charge < -0.3 is 19.7 Å². The van der Waals surface area contributed by atoms with E-state index < -0.39 is 17.9 Å². The molecule has 1 aromatic rings. The number of para-hydroxylation sites is 1. The Balaban J connectivity index is 1.79. The number of nitrogens with one attached hydrogen (secondary N) is 2. The van der Waals surface area contributed by atoms with Gasteiger partial charge in [-0.3, -0.25) is 19.7 Å². The van der Waals surface area contributed by atoms with E-state index in [2.05, 4.69) is 17.6 Å². The largest absolute Gasteiger partial charge is 0.496 e. The maximum Gasteiger partial charge on any atom is 0.308 e. The zero-order valence-corrected chi connectivity index (χ0v) is 22.2. The van der Waals surface area contributed by atoms with Gasteiger partial charge in [-0.25, -0.2) is 0 Å². The van der Waals surface area contributed by atoms with Gasteiger partial charge in [0.15, 0.2) is 5.11 Å². The van der Waals surface area contributed by atoms with Crippen LogP contribution in [0, 0.1) is 0 Å². The maximum atomic E-state index is 12.5. The highest BCUT2D eigenvalue weighted by Gasteiger charge is 2.34. The van der Waals surface area contributed by atoms with E-state index in [9.17, 15) is 14.4 Å². The summed E-state index contributed by atoms with van der Waals surface area (Å²) in [4.78, 5) is 38.9. The van der Waals surface area contributed by atoms with Crippen LogP contribution in [0.2, 0.25) is 0 Å². The molecule has 2 amide bonds. The van der Waals surface area contributed by atoms with Crippen molar-refractivity contribution in [1.82, 2.24) is 15.5 Å². The number of esters is 1. The molecule has 0 radical (unpaired) electrons. The Kier molecular flexibility index (Phi) is 13.6. The van der Waals surface area contributed by atoms with Crippen molar-refractivity contribution in [2.75, 3.05) is 26.8 Å². The van der Waals surface area contributed by atoms with Gasteiger partial charge in [-0.1, -0.05) is 70.1 Å². The lowest BCUT2D eigenvalue weighted by Crippen LogP contribution is -2.60. The Morgan fingerprint density at radius 1 is 1.14 bits per heavy atom. The van der Waals surface area contributed by atoms with E-state index in [-0.39, 0.29) is 17.4 Å². The second-order valence-corrected chi connectivity index (χ2v) is 9.16. The number of piperazine rings is 1. The molecule has 0 aliphatic carbocycles. The molecule has 0 spiro atoms. The van der Waals surface area contributed by atoms with Gasteiger partial charge in [-0.05, 0) is 30.8 Å². The van der Waals surface area contributed by atoms with E-state index in [0.29, 0.717) is 25.4 Å². The quantitative estimate of drug-likeness (QED) is 0.167. The van der Waals surface area contributed by atoms with Crippen LogP contribution in [-0.2, 0) is 19.1 Å². The van der Waals surface area contributed by atoms with Crippen LogP contribution in [0.1, 0.15) is 70.3 Å². The number of carbonyl (C=O) groups excluding carboxylic acids is 3. The van der Waals surface area contributed by atoms with E-state index in [1.807, 2.05) is 18.2 Å². The van der Waals surface area contributed by atoms with Crippen LogP contribution in [0.5, 0.6) is 5.75 Å². The molecule has 1 unspecified atom stereocenters. The minimum Gasteiger partial charge on any atom is -0.496 e. The third kappa shape index (κ3) is 10.4. The van der Waals surface area contributed by atoms with Crippen molar-refractivity contribution < 1.29 is 23.9 Å². The summed E-state index contributed by atoms with van der Waals surface area (Å²) in [6, 6.07) is 6.48. The lowest BCUT2D eigenvalue weighted by Gasteiger charge is -2.36. The number of rotatable bonds is 14. The number of hydrogen-bond donors (Lipinski definition) is 2. The Labute approximate surface area is 219 Å². The standard InChI is InChI=1S/C27H39N3O5S/c1-3-4-5-6-7-8-9-12-19-35-25(32)20-22-26(33)28-17-18-30(22)27(36)29-24(31)16-15-21-13-10-11-14-23(21)34-2/h10-11,13-16,22H,3-9,12,17-20H2,1-2H3,(H,28,33)(H,29,31,36)/b16-15+. The summed E-state index contributed by atoms with van der Waals surface area (Å²) in [6.07, 6.45) is 12.1. The normalized spacial score (nSPS) is 15.4. The Morgan fingerprint density at radius 3 is 2.56 bits per heavy atom. The second kappa shape index (κ2) is 16.7. The number of thiocarbonyl (C=S) groups is 1. The zero-order valence-electron chi connectivity index (χ0n) is 21.4. The average Bonchev–Trinajstić information content (AvgIpc) is 2.87. The molecule has 1 aliphatic heterocycles. The molecule has 2 rings (SSSR count). The molecular weight excluding hydrogens is 478 g/mol. The summed E-state index contributed by atoms with van der Waals surface area (Å²) in [5.74, 6) is -0.558. The lowest BCUT2D eigenvalue weighted by atomic mass is 10.1. The Bertz CT molecular complexity index is 905. The minimum atomic E-state index is -0.823. The first-order valence-electron chi connectivity index (χ1n) is 12.8. The second-order valence-electron chi connectivity index (χ2n) is 8.77. The van der Waals surface area contributed by atoms with E-state index in [1.54, 1.807) is 24.2 Å². The van der Waals surface area contributed by atoms with Crippen molar-refractivity contribution in [3.8, 4) is 5.75 Å². The van der Waals surface area contributed by atoms with Crippen LogP contribution in [0.25, 0.3) is 6.08 Å². The predicted molar refractivity (Wildman–Crippen MR) is 144 cm³/mol. The number of unbranched alkanes of at least 4 members (excludes halogenated alkanes) is 7. The first-order chi connectivity index (χ1) is 17.5. The van der Waals surface area contributed by atoms with E-state index in [0.717, 1.165) is 24.8 Å². The Morgan fingerprint density at radius 2 is 1.83 bits per heavy atom. The van der Waals surface area contributed by atoms with E-state index >= 15 is 0 Å². The fraction of sp³-hybridized carbons (Fsp3) is 0.556. The molecule has 2 N–H and O–H groups in total. The number of nitrogens with zero attached hydrogens (tertiary/aromatic N) is 1. The SMILES string of the molecule is CCCCCCCCCCOC(=O)CC1C(=O)NCCN1C(=S)NC(=O)/C=C/c1ccccc1OC. The van der Waals surface area contributed by atoms with Crippen LogP contribution in [0.15, 0.2) is 30.3 Å². The molecular formula is C27H39N3O5S. The summed E-state index contributed by atoms with van der Waals surface area (Å²) in [5.41, 5.74) is 0.746. The maximum absolute atomic E-state index is 12.5. The van der Waals surface area contributed by atoms with Gasteiger partial charge in [0, 0.05) is 24.7 Å². The van der Waals surface area contributed by atoms with Gasteiger partial charge in [0.2, 0.25) is 11.8 Å². The molecule has 0 saturated carbocycles. The number of amides is 2. The number of hydrogen-bond acceptors (Lipinski definition) is 6. The molecule has 198 valence electrons. The highest BCUT2D eigenvalue weighted by Crippen LogP contribution is 2.18. The van der Waals surface area contributed by atoms with E-state index in [1.165, 1.54) is 38.2 Å². The summed E-state index contributed by atoms with van der Waals surface area (Å²) in [7, 11) is 1.56. The van der Waals surface area contributed by atoms with Gasteiger partial charge >= 0.3 is 5.97 Å². The van der Waals surface area contributed by atoms with Crippen LogP contribution in [0.4, 0.5) is 0 Å².